The van der Waals surface area contributed by atoms with Crippen LogP contribution >= 0.6 is 15.9 Å². The molecule has 1 aromatic carbocycles. The highest BCUT2D eigenvalue weighted by Crippen LogP contribution is 2.31. The first kappa shape index (κ1) is 15.2. The maximum absolute atomic E-state index is 11.4. The number of benzene rings is 1. The van der Waals surface area contributed by atoms with Crippen molar-refractivity contribution in [3.63, 3.8) is 0 Å². The number of nitrogens with zero attached hydrogens (tertiary/aromatic N) is 3. The minimum atomic E-state index is 0.114. The van der Waals surface area contributed by atoms with Gasteiger partial charge in [-0.1, -0.05) is 15.9 Å². The molecule has 1 saturated heterocycles. The molecule has 1 fully saturated rings. The average Bonchev–Trinajstić information content (AvgIpc) is 2.49. The van der Waals surface area contributed by atoms with Crippen LogP contribution in [0.15, 0.2) is 22.9 Å². The molecule has 116 valence electrons. The highest BCUT2D eigenvalue weighted by atomic mass is 79.9. The van der Waals surface area contributed by atoms with Crippen molar-refractivity contribution in [2.75, 3.05) is 13.1 Å². The predicted molar refractivity (Wildman–Crippen MR) is 87.9 cm³/mol. The summed E-state index contributed by atoms with van der Waals surface area (Å²) in [6.45, 7) is 5.08. The van der Waals surface area contributed by atoms with Crippen LogP contribution in [0.3, 0.4) is 0 Å². The molecule has 1 amide bonds. The fourth-order valence-corrected chi connectivity index (χ4v) is 3.22. The van der Waals surface area contributed by atoms with Gasteiger partial charge in [-0.05, 0) is 19.1 Å². The zero-order chi connectivity index (χ0) is 15.7. The highest BCUT2D eigenvalue weighted by Gasteiger charge is 2.23. The number of rotatable bonds is 2. The van der Waals surface area contributed by atoms with Crippen LogP contribution in [0.2, 0.25) is 0 Å². The SMILES string of the molecule is CC(=O)N1CCC(Oc2cc(Br)cc3c(C)ncnc23)CC1. The van der Waals surface area contributed by atoms with E-state index in [0.29, 0.717) is 0 Å². The van der Waals surface area contributed by atoms with E-state index >= 15 is 0 Å². The van der Waals surface area contributed by atoms with Crippen molar-refractivity contribution in [3.8, 4) is 5.75 Å². The van der Waals surface area contributed by atoms with E-state index in [2.05, 4.69) is 25.9 Å². The lowest BCUT2D eigenvalue weighted by molar-refractivity contribution is -0.130. The molecule has 2 aromatic rings. The van der Waals surface area contributed by atoms with E-state index in [9.17, 15) is 4.79 Å². The van der Waals surface area contributed by atoms with Gasteiger partial charge in [0.1, 0.15) is 23.7 Å². The van der Waals surface area contributed by atoms with Crippen molar-refractivity contribution in [2.24, 2.45) is 0 Å². The number of aryl methyl sites for hydroxylation is 1. The summed E-state index contributed by atoms with van der Waals surface area (Å²) in [5, 5.41) is 0.994. The van der Waals surface area contributed by atoms with E-state index in [1.54, 1.807) is 13.3 Å². The maximum atomic E-state index is 11.4. The quantitative estimate of drug-likeness (QED) is 0.822. The Balaban J connectivity index is 1.83. The van der Waals surface area contributed by atoms with Crippen LogP contribution in [0, 0.1) is 6.92 Å². The third-order valence-electron chi connectivity index (χ3n) is 4.05. The predicted octanol–water partition coefficient (Wildman–Crippen LogP) is 3.09. The van der Waals surface area contributed by atoms with Gasteiger partial charge < -0.3 is 9.64 Å². The third kappa shape index (κ3) is 3.06. The van der Waals surface area contributed by atoms with Crippen molar-refractivity contribution in [1.82, 2.24) is 14.9 Å². The van der Waals surface area contributed by atoms with Crippen LogP contribution in [-0.4, -0.2) is 40.0 Å². The second-order valence-electron chi connectivity index (χ2n) is 5.58. The zero-order valence-corrected chi connectivity index (χ0v) is 14.3. The van der Waals surface area contributed by atoms with Crippen LogP contribution < -0.4 is 4.74 Å². The Morgan fingerprint density at radius 2 is 2.05 bits per heavy atom. The van der Waals surface area contributed by atoms with Crippen molar-refractivity contribution in [1.29, 1.82) is 0 Å². The summed E-state index contributed by atoms with van der Waals surface area (Å²) in [6.07, 6.45) is 3.37. The van der Waals surface area contributed by atoms with Gasteiger partial charge in [0.05, 0.1) is 0 Å². The molecule has 0 atom stereocenters. The number of carbonyl (C=O) groups is 1. The first-order valence-corrected chi connectivity index (χ1v) is 8.17. The van der Waals surface area contributed by atoms with Crippen molar-refractivity contribution in [2.45, 2.75) is 32.8 Å². The molecule has 0 aliphatic carbocycles. The van der Waals surface area contributed by atoms with Gasteiger partial charge in [0.25, 0.3) is 0 Å². The Morgan fingerprint density at radius 3 is 2.73 bits per heavy atom. The standard InChI is InChI=1S/C16H18BrN3O2/c1-10-14-7-12(17)8-15(16(14)19-9-18-10)22-13-3-5-20(6-4-13)11(2)21/h7-9,13H,3-6H2,1-2H3. The number of likely N-dealkylation sites (tertiary alicyclic amines) is 1. The van der Waals surface area contributed by atoms with E-state index in [-0.39, 0.29) is 12.0 Å². The van der Waals surface area contributed by atoms with Gasteiger partial charge in [0.15, 0.2) is 0 Å². The second-order valence-corrected chi connectivity index (χ2v) is 6.50. The molecule has 1 aromatic heterocycles. The summed E-state index contributed by atoms with van der Waals surface area (Å²) in [4.78, 5) is 21.9. The molecule has 0 saturated carbocycles. The minimum absolute atomic E-state index is 0.114. The van der Waals surface area contributed by atoms with Gasteiger partial charge in [-0.15, -0.1) is 0 Å². The maximum Gasteiger partial charge on any atom is 0.219 e. The van der Waals surface area contributed by atoms with Crippen LogP contribution in [-0.2, 0) is 4.79 Å². The molecular formula is C16H18BrN3O2. The van der Waals surface area contributed by atoms with Gasteiger partial charge in [0.2, 0.25) is 5.91 Å². The van der Waals surface area contributed by atoms with E-state index < -0.39 is 0 Å². The molecule has 0 spiro atoms. The first-order valence-electron chi connectivity index (χ1n) is 7.37. The molecule has 22 heavy (non-hydrogen) atoms. The number of hydrogen-bond donors (Lipinski definition) is 0. The summed E-state index contributed by atoms with van der Waals surface area (Å²) >= 11 is 3.52. The van der Waals surface area contributed by atoms with E-state index in [1.165, 1.54) is 0 Å². The minimum Gasteiger partial charge on any atom is -0.488 e. The molecular weight excluding hydrogens is 346 g/mol. The van der Waals surface area contributed by atoms with Crippen molar-refractivity contribution >= 4 is 32.7 Å². The van der Waals surface area contributed by atoms with E-state index in [1.807, 2.05) is 24.0 Å². The van der Waals surface area contributed by atoms with Gasteiger partial charge in [-0.2, -0.15) is 0 Å². The molecule has 1 aliphatic rings. The smallest absolute Gasteiger partial charge is 0.219 e. The summed E-state index contributed by atoms with van der Waals surface area (Å²) < 4.78 is 7.13. The Bertz CT molecular complexity index is 712. The third-order valence-corrected chi connectivity index (χ3v) is 4.51. The molecule has 5 nitrogen and oxygen atoms in total. The van der Waals surface area contributed by atoms with Crippen LogP contribution in [0.4, 0.5) is 0 Å². The van der Waals surface area contributed by atoms with Gasteiger partial charge >= 0.3 is 0 Å². The lowest BCUT2D eigenvalue weighted by Crippen LogP contribution is -2.40. The molecule has 6 heteroatoms. The van der Waals surface area contributed by atoms with Gasteiger partial charge in [-0.25, -0.2) is 9.97 Å². The highest BCUT2D eigenvalue weighted by molar-refractivity contribution is 9.10. The number of carbonyl (C=O) groups excluding carboxylic acids is 1. The Labute approximate surface area is 137 Å². The topological polar surface area (TPSA) is 55.3 Å². The number of amides is 1. The molecule has 0 unspecified atom stereocenters. The number of aromatic nitrogens is 2. The molecule has 0 bridgehead atoms. The summed E-state index contributed by atoms with van der Waals surface area (Å²) in [7, 11) is 0. The largest absolute Gasteiger partial charge is 0.488 e. The zero-order valence-electron chi connectivity index (χ0n) is 12.7. The first-order chi connectivity index (χ1) is 10.5. The molecule has 0 radical (unpaired) electrons. The van der Waals surface area contributed by atoms with Crippen molar-refractivity contribution < 1.29 is 9.53 Å². The summed E-state index contributed by atoms with van der Waals surface area (Å²) in [5.74, 6) is 0.908. The fraction of sp³-hybridized carbons (Fsp3) is 0.438. The number of piperidine rings is 1. The van der Waals surface area contributed by atoms with E-state index in [0.717, 1.165) is 52.8 Å². The lowest BCUT2D eigenvalue weighted by Gasteiger charge is -2.31. The molecule has 1 aliphatic heterocycles. The van der Waals surface area contributed by atoms with Crippen molar-refractivity contribution in [3.05, 3.63) is 28.6 Å². The summed E-state index contributed by atoms with van der Waals surface area (Å²) in [5.41, 5.74) is 1.77. The van der Waals surface area contributed by atoms with Crippen LogP contribution in [0.25, 0.3) is 10.9 Å². The molecule has 2 heterocycles. The van der Waals surface area contributed by atoms with Crippen LogP contribution in [0.5, 0.6) is 5.75 Å². The monoisotopic (exact) mass is 363 g/mol. The lowest BCUT2D eigenvalue weighted by atomic mass is 10.1. The fourth-order valence-electron chi connectivity index (χ4n) is 2.78. The number of ether oxygens (including phenoxy) is 1. The van der Waals surface area contributed by atoms with Gasteiger partial charge in [0, 0.05) is 48.4 Å². The molecule has 3 rings (SSSR count). The normalized spacial score (nSPS) is 16.0. The average molecular weight is 364 g/mol. The number of fused-ring (bicyclic) bond motifs is 1. The van der Waals surface area contributed by atoms with Gasteiger partial charge in [-0.3, -0.25) is 4.79 Å². The molecule has 0 N–H and O–H groups in total. The number of hydrogen-bond acceptors (Lipinski definition) is 4. The second kappa shape index (κ2) is 6.20. The van der Waals surface area contributed by atoms with E-state index in [4.69, 9.17) is 4.74 Å². The Morgan fingerprint density at radius 1 is 1.32 bits per heavy atom. The number of halogens is 1. The Kier molecular flexibility index (Phi) is 4.29. The summed E-state index contributed by atoms with van der Waals surface area (Å²) in [6, 6.07) is 3.96. The Hall–Kier alpha value is -1.69. The van der Waals surface area contributed by atoms with Crippen LogP contribution in [0.1, 0.15) is 25.5 Å².